The largest absolute Gasteiger partial charge is 0.377 e. The fourth-order valence-corrected chi connectivity index (χ4v) is 3.36. The SMILES string of the molecule is CC1CCC(CN)(N(C)CCOC(C)C)C(C)C1. The summed E-state index contributed by atoms with van der Waals surface area (Å²) in [4.78, 5) is 2.45. The van der Waals surface area contributed by atoms with E-state index in [2.05, 4.69) is 39.6 Å². The molecule has 18 heavy (non-hydrogen) atoms. The molecule has 3 atom stereocenters. The highest BCUT2D eigenvalue weighted by molar-refractivity contribution is 4.98. The minimum Gasteiger partial charge on any atom is -0.377 e. The average Bonchev–Trinajstić information content (AvgIpc) is 2.29. The summed E-state index contributed by atoms with van der Waals surface area (Å²) in [5, 5.41) is 0. The molecular formula is C15H32N2O. The standard InChI is InChI=1S/C15H32N2O/c1-12(2)18-9-8-17(5)15(11-16)7-6-13(3)10-14(15)4/h12-14H,6-11,16H2,1-5H3. The van der Waals surface area contributed by atoms with Crippen molar-refractivity contribution in [1.29, 1.82) is 0 Å². The molecule has 0 spiro atoms. The first-order valence-corrected chi connectivity index (χ1v) is 7.45. The van der Waals surface area contributed by atoms with Crippen LogP contribution in [0.15, 0.2) is 0 Å². The molecule has 0 heterocycles. The second-order valence-electron chi connectivity index (χ2n) is 6.43. The maximum Gasteiger partial charge on any atom is 0.0597 e. The third kappa shape index (κ3) is 3.69. The summed E-state index contributed by atoms with van der Waals surface area (Å²) in [5.41, 5.74) is 6.31. The first-order chi connectivity index (χ1) is 8.42. The van der Waals surface area contributed by atoms with Crippen LogP contribution in [0.2, 0.25) is 0 Å². The molecule has 0 amide bonds. The van der Waals surface area contributed by atoms with Crippen LogP contribution >= 0.6 is 0 Å². The molecule has 3 nitrogen and oxygen atoms in total. The van der Waals surface area contributed by atoms with Crippen molar-refractivity contribution in [1.82, 2.24) is 4.90 Å². The van der Waals surface area contributed by atoms with E-state index in [9.17, 15) is 0 Å². The minimum absolute atomic E-state index is 0.187. The molecule has 0 aromatic carbocycles. The van der Waals surface area contributed by atoms with Crippen LogP contribution in [-0.4, -0.2) is 43.3 Å². The van der Waals surface area contributed by atoms with Crippen molar-refractivity contribution in [3.8, 4) is 0 Å². The molecule has 1 aliphatic rings. The van der Waals surface area contributed by atoms with Crippen LogP contribution < -0.4 is 5.73 Å². The fraction of sp³-hybridized carbons (Fsp3) is 1.00. The predicted octanol–water partition coefficient (Wildman–Crippen LogP) is 2.50. The predicted molar refractivity (Wildman–Crippen MR) is 77.7 cm³/mol. The van der Waals surface area contributed by atoms with E-state index in [1.807, 2.05) is 0 Å². The summed E-state index contributed by atoms with van der Waals surface area (Å²) in [6.45, 7) is 11.4. The molecular weight excluding hydrogens is 224 g/mol. The van der Waals surface area contributed by atoms with Crippen molar-refractivity contribution in [2.45, 2.75) is 58.6 Å². The number of ether oxygens (including phenoxy) is 1. The van der Waals surface area contributed by atoms with Crippen LogP contribution in [0.5, 0.6) is 0 Å². The second kappa shape index (κ2) is 6.88. The van der Waals surface area contributed by atoms with Crippen molar-refractivity contribution in [3.05, 3.63) is 0 Å². The van der Waals surface area contributed by atoms with Crippen LogP contribution in [0.4, 0.5) is 0 Å². The number of likely N-dealkylation sites (N-methyl/N-ethyl adjacent to an activating group) is 1. The first-order valence-electron chi connectivity index (χ1n) is 7.45. The molecule has 3 unspecified atom stereocenters. The van der Waals surface area contributed by atoms with Gasteiger partial charge in [0, 0.05) is 18.6 Å². The molecule has 1 aliphatic carbocycles. The van der Waals surface area contributed by atoms with Gasteiger partial charge in [-0.25, -0.2) is 0 Å². The average molecular weight is 256 g/mol. The quantitative estimate of drug-likeness (QED) is 0.793. The van der Waals surface area contributed by atoms with Crippen LogP contribution in [0.25, 0.3) is 0 Å². The Labute approximate surface area is 113 Å². The smallest absolute Gasteiger partial charge is 0.0597 e. The Kier molecular flexibility index (Phi) is 6.09. The molecule has 0 aromatic rings. The highest BCUT2D eigenvalue weighted by atomic mass is 16.5. The molecule has 0 saturated heterocycles. The van der Waals surface area contributed by atoms with Crippen molar-refractivity contribution in [2.75, 3.05) is 26.7 Å². The van der Waals surface area contributed by atoms with Crippen molar-refractivity contribution < 1.29 is 4.74 Å². The van der Waals surface area contributed by atoms with Crippen LogP contribution in [0.1, 0.15) is 47.0 Å². The van der Waals surface area contributed by atoms with E-state index in [0.29, 0.717) is 12.0 Å². The van der Waals surface area contributed by atoms with Crippen molar-refractivity contribution in [2.24, 2.45) is 17.6 Å². The Hall–Kier alpha value is -0.120. The van der Waals surface area contributed by atoms with E-state index in [1.165, 1.54) is 19.3 Å². The van der Waals surface area contributed by atoms with E-state index in [4.69, 9.17) is 10.5 Å². The molecule has 0 radical (unpaired) electrons. The summed E-state index contributed by atoms with van der Waals surface area (Å²) in [5.74, 6) is 1.52. The van der Waals surface area contributed by atoms with Gasteiger partial charge in [-0.15, -0.1) is 0 Å². The lowest BCUT2D eigenvalue weighted by Crippen LogP contribution is -2.59. The topological polar surface area (TPSA) is 38.5 Å². The number of hydrogen-bond donors (Lipinski definition) is 1. The normalized spacial score (nSPS) is 33.3. The minimum atomic E-state index is 0.187. The lowest BCUT2D eigenvalue weighted by molar-refractivity contribution is -0.0110. The molecule has 0 bridgehead atoms. The Morgan fingerprint density at radius 3 is 2.56 bits per heavy atom. The molecule has 2 N–H and O–H groups in total. The lowest BCUT2D eigenvalue weighted by atomic mass is 9.69. The van der Waals surface area contributed by atoms with Crippen molar-refractivity contribution in [3.63, 3.8) is 0 Å². The van der Waals surface area contributed by atoms with Crippen LogP contribution in [0, 0.1) is 11.8 Å². The summed E-state index contributed by atoms with van der Waals surface area (Å²) in [7, 11) is 2.21. The zero-order chi connectivity index (χ0) is 13.8. The van der Waals surface area contributed by atoms with E-state index < -0.39 is 0 Å². The van der Waals surface area contributed by atoms with Gasteiger partial charge in [0.15, 0.2) is 0 Å². The molecule has 1 fully saturated rings. The first kappa shape index (κ1) is 15.9. The Morgan fingerprint density at radius 2 is 2.06 bits per heavy atom. The van der Waals surface area contributed by atoms with E-state index >= 15 is 0 Å². The van der Waals surface area contributed by atoms with Crippen LogP contribution in [-0.2, 0) is 4.74 Å². The van der Waals surface area contributed by atoms with Gasteiger partial charge >= 0.3 is 0 Å². The van der Waals surface area contributed by atoms with E-state index in [-0.39, 0.29) is 5.54 Å². The van der Waals surface area contributed by atoms with Gasteiger partial charge in [-0.05, 0) is 52.0 Å². The molecule has 108 valence electrons. The third-order valence-corrected chi connectivity index (χ3v) is 4.73. The maximum absolute atomic E-state index is 6.12. The number of nitrogens with zero attached hydrogens (tertiary/aromatic N) is 1. The zero-order valence-corrected chi connectivity index (χ0v) is 12.9. The summed E-state index contributed by atoms with van der Waals surface area (Å²) < 4.78 is 5.67. The van der Waals surface area contributed by atoms with Gasteiger partial charge in [-0.1, -0.05) is 13.8 Å². The van der Waals surface area contributed by atoms with Gasteiger partial charge in [-0.2, -0.15) is 0 Å². The van der Waals surface area contributed by atoms with Gasteiger partial charge < -0.3 is 10.5 Å². The van der Waals surface area contributed by atoms with Gasteiger partial charge in [0.05, 0.1) is 12.7 Å². The molecule has 0 aliphatic heterocycles. The van der Waals surface area contributed by atoms with Crippen LogP contribution in [0.3, 0.4) is 0 Å². The fourth-order valence-electron chi connectivity index (χ4n) is 3.36. The Morgan fingerprint density at radius 1 is 1.39 bits per heavy atom. The van der Waals surface area contributed by atoms with Gasteiger partial charge in [0.2, 0.25) is 0 Å². The highest BCUT2D eigenvalue weighted by Crippen LogP contribution is 2.39. The van der Waals surface area contributed by atoms with Gasteiger partial charge in [-0.3, -0.25) is 4.90 Å². The van der Waals surface area contributed by atoms with E-state index in [0.717, 1.165) is 25.6 Å². The molecule has 1 rings (SSSR count). The molecule has 1 saturated carbocycles. The highest BCUT2D eigenvalue weighted by Gasteiger charge is 2.41. The monoisotopic (exact) mass is 256 g/mol. The zero-order valence-electron chi connectivity index (χ0n) is 12.9. The summed E-state index contributed by atoms with van der Waals surface area (Å²) in [6, 6.07) is 0. The van der Waals surface area contributed by atoms with Crippen molar-refractivity contribution >= 4 is 0 Å². The summed E-state index contributed by atoms with van der Waals surface area (Å²) >= 11 is 0. The van der Waals surface area contributed by atoms with E-state index in [1.54, 1.807) is 0 Å². The Bertz CT molecular complexity index is 245. The Balaban J connectivity index is 2.57. The lowest BCUT2D eigenvalue weighted by Gasteiger charge is -2.50. The summed E-state index contributed by atoms with van der Waals surface area (Å²) in [6.07, 6.45) is 4.14. The molecule has 3 heteroatoms. The number of nitrogens with two attached hydrogens (primary N) is 1. The van der Waals surface area contributed by atoms with Gasteiger partial charge in [0.25, 0.3) is 0 Å². The molecule has 0 aromatic heterocycles. The second-order valence-corrected chi connectivity index (χ2v) is 6.43. The maximum atomic E-state index is 6.12. The number of hydrogen-bond acceptors (Lipinski definition) is 3. The van der Waals surface area contributed by atoms with Gasteiger partial charge in [0.1, 0.15) is 0 Å². The number of rotatable bonds is 6. The third-order valence-electron chi connectivity index (χ3n) is 4.73.